The number of hydrogen-bond acceptors (Lipinski definition) is 3. The van der Waals surface area contributed by atoms with Crippen LogP contribution in [0.25, 0.3) is 44.5 Å². The van der Waals surface area contributed by atoms with Crippen molar-refractivity contribution < 1.29 is 9.47 Å². The minimum absolute atomic E-state index is 0.652. The van der Waals surface area contributed by atoms with Crippen LogP contribution in [0, 0.1) is 0 Å². The standard InChI is InChI=1S/C68H43NO2/c1-2-20-44(21-3-1)45-40-42-46(43-41-45)47-22-6-13-33-58(47)69(59-34-19-32-57-65(59)50-24-5-8-27-52(50)67(57)53-28-9-14-36-61(53)70-62-37-15-10-29-54(62)67)60-35-18-25-49-48-23-4-7-26-51(48)68(66(49)60)55-30-11-16-38-63(55)71-64-39-17-12-31-56(64)68/h1-43H. The smallest absolute Gasteiger partial charge is 0.132 e. The zero-order chi connectivity index (χ0) is 46.7. The third-order valence-corrected chi connectivity index (χ3v) is 15.6. The van der Waals surface area contributed by atoms with E-state index in [9.17, 15) is 0 Å². The molecule has 0 amide bonds. The Hall–Kier alpha value is -9.18. The summed E-state index contributed by atoms with van der Waals surface area (Å²) in [7, 11) is 0. The van der Waals surface area contributed by atoms with Gasteiger partial charge in [0.2, 0.25) is 0 Å². The molecule has 2 aliphatic heterocycles. The molecular weight excluding hydrogens is 863 g/mol. The molecule has 2 aliphatic carbocycles. The van der Waals surface area contributed by atoms with Gasteiger partial charge in [-0.05, 0) is 92.5 Å². The molecule has 2 spiro atoms. The zero-order valence-electron chi connectivity index (χ0n) is 38.6. The Balaban J connectivity index is 1.07. The molecule has 0 saturated carbocycles. The monoisotopic (exact) mass is 905 g/mol. The summed E-state index contributed by atoms with van der Waals surface area (Å²) in [6, 6.07) is 95.3. The summed E-state index contributed by atoms with van der Waals surface area (Å²) in [5.41, 5.74) is 20.8. The Morgan fingerprint density at radius 3 is 1.25 bits per heavy atom. The first-order valence-electron chi connectivity index (χ1n) is 24.5. The number of nitrogens with zero attached hydrogens (tertiary/aromatic N) is 1. The minimum Gasteiger partial charge on any atom is -0.457 e. The maximum atomic E-state index is 6.88. The lowest BCUT2D eigenvalue weighted by molar-refractivity contribution is 0.436. The minimum atomic E-state index is -0.728. The average molecular weight is 906 g/mol. The second-order valence-corrected chi connectivity index (χ2v) is 19.0. The number of anilines is 3. The summed E-state index contributed by atoms with van der Waals surface area (Å²) in [6.45, 7) is 0. The molecule has 0 radical (unpaired) electrons. The van der Waals surface area contributed by atoms with Crippen LogP contribution in [0.2, 0.25) is 0 Å². The van der Waals surface area contributed by atoms with Gasteiger partial charge in [-0.25, -0.2) is 0 Å². The van der Waals surface area contributed by atoms with E-state index in [2.05, 4.69) is 266 Å². The molecule has 4 aliphatic rings. The molecular formula is C68H43NO2. The number of fused-ring (bicyclic) bond motifs is 18. The van der Waals surface area contributed by atoms with E-state index < -0.39 is 10.8 Å². The largest absolute Gasteiger partial charge is 0.457 e. The van der Waals surface area contributed by atoms with Gasteiger partial charge in [0.25, 0.3) is 0 Å². The van der Waals surface area contributed by atoms with Crippen molar-refractivity contribution in [3.63, 3.8) is 0 Å². The molecule has 3 heteroatoms. The number of hydrogen-bond donors (Lipinski definition) is 0. The van der Waals surface area contributed by atoms with Crippen molar-refractivity contribution in [3.8, 4) is 67.5 Å². The average Bonchev–Trinajstić information content (AvgIpc) is 3.91. The molecule has 11 aromatic carbocycles. The first-order chi connectivity index (χ1) is 35.2. The van der Waals surface area contributed by atoms with E-state index in [4.69, 9.17) is 9.47 Å². The van der Waals surface area contributed by atoms with Gasteiger partial charge in [0.15, 0.2) is 0 Å². The Kier molecular flexibility index (Phi) is 8.49. The molecule has 71 heavy (non-hydrogen) atoms. The number of rotatable bonds is 5. The second-order valence-electron chi connectivity index (χ2n) is 19.0. The fourth-order valence-electron chi connectivity index (χ4n) is 12.9. The topological polar surface area (TPSA) is 21.7 Å². The zero-order valence-corrected chi connectivity index (χ0v) is 38.6. The Morgan fingerprint density at radius 1 is 0.239 bits per heavy atom. The van der Waals surface area contributed by atoms with E-state index >= 15 is 0 Å². The van der Waals surface area contributed by atoms with Crippen LogP contribution in [0.4, 0.5) is 17.1 Å². The third-order valence-electron chi connectivity index (χ3n) is 15.6. The normalized spacial score (nSPS) is 14.1. The van der Waals surface area contributed by atoms with Crippen molar-refractivity contribution in [2.45, 2.75) is 10.8 Å². The summed E-state index contributed by atoms with van der Waals surface area (Å²) in [5.74, 6) is 3.47. The quantitative estimate of drug-likeness (QED) is 0.172. The molecule has 2 heterocycles. The maximum Gasteiger partial charge on any atom is 0.132 e. The predicted molar refractivity (Wildman–Crippen MR) is 287 cm³/mol. The SMILES string of the molecule is c1ccc(-c2ccc(-c3ccccc3N(c3cccc4c3-c3ccccc3C43c4ccccc4Oc4ccccc43)c3cccc4c3C3(c5ccccc5Oc5ccccc53)c3ccccc3-4)cc2)cc1. The summed E-state index contributed by atoms with van der Waals surface area (Å²) in [4.78, 5) is 2.60. The molecule has 0 unspecified atom stereocenters. The van der Waals surface area contributed by atoms with Gasteiger partial charge in [-0.1, -0.05) is 218 Å². The van der Waals surface area contributed by atoms with Crippen LogP contribution in [-0.2, 0) is 10.8 Å². The van der Waals surface area contributed by atoms with Crippen LogP contribution in [-0.4, -0.2) is 0 Å². The molecule has 0 aromatic heterocycles. The van der Waals surface area contributed by atoms with Gasteiger partial charge in [-0.15, -0.1) is 0 Å². The fourth-order valence-corrected chi connectivity index (χ4v) is 12.9. The summed E-state index contributed by atoms with van der Waals surface area (Å²) >= 11 is 0. The van der Waals surface area contributed by atoms with Gasteiger partial charge >= 0.3 is 0 Å². The van der Waals surface area contributed by atoms with Crippen LogP contribution in [0.15, 0.2) is 261 Å². The van der Waals surface area contributed by atoms with Crippen molar-refractivity contribution in [2.24, 2.45) is 0 Å². The number of benzene rings is 11. The Bertz CT molecular complexity index is 3870. The van der Waals surface area contributed by atoms with Crippen LogP contribution in [0.3, 0.4) is 0 Å². The van der Waals surface area contributed by atoms with Gasteiger partial charge in [-0.2, -0.15) is 0 Å². The second kappa shape index (κ2) is 15.2. The van der Waals surface area contributed by atoms with Crippen molar-refractivity contribution in [3.05, 3.63) is 305 Å². The Morgan fingerprint density at radius 2 is 0.634 bits per heavy atom. The van der Waals surface area contributed by atoms with Crippen LogP contribution in [0.5, 0.6) is 23.0 Å². The van der Waals surface area contributed by atoms with E-state index in [0.29, 0.717) is 0 Å². The maximum absolute atomic E-state index is 6.88. The lowest BCUT2D eigenvalue weighted by Crippen LogP contribution is -2.33. The van der Waals surface area contributed by atoms with Crippen molar-refractivity contribution in [1.82, 2.24) is 0 Å². The van der Waals surface area contributed by atoms with Crippen LogP contribution < -0.4 is 14.4 Å². The van der Waals surface area contributed by atoms with E-state index in [1.54, 1.807) is 0 Å². The van der Waals surface area contributed by atoms with Gasteiger partial charge in [0, 0.05) is 38.9 Å². The van der Waals surface area contributed by atoms with Gasteiger partial charge in [-0.3, -0.25) is 0 Å². The predicted octanol–water partition coefficient (Wildman–Crippen LogP) is 17.4. The summed E-state index contributed by atoms with van der Waals surface area (Å²) in [6.07, 6.45) is 0. The molecule has 0 saturated heterocycles. The van der Waals surface area contributed by atoms with E-state index in [-0.39, 0.29) is 0 Å². The van der Waals surface area contributed by atoms with Crippen molar-refractivity contribution in [1.29, 1.82) is 0 Å². The molecule has 0 fully saturated rings. The highest BCUT2D eigenvalue weighted by Crippen LogP contribution is 2.67. The molecule has 0 bridgehead atoms. The van der Waals surface area contributed by atoms with E-state index in [1.165, 1.54) is 55.6 Å². The highest BCUT2D eigenvalue weighted by molar-refractivity contribution is 6.03. The van der Waals surface area contributed by atoms with Gasteiger partial charge in [0.1, 0.15) is 23.0 Å². The highest BCUT2D eigenvalue weighted by Gasteiger charge is 2.55. The number of para-hydroxylation sites is 5. The summed E-state index contributed by atoms with van der Waals surface area (Å²) < 4.78 is 13.7. The molecule has 0 N–H and O–H groups in total. The molecule has 0 atom stereocenters. The van der Waals surface area contributed by atoms with Crippen molar-refractivity contribution >= 4 is 17.1 Å². The number of ether oxygens (including phenoxy) is 2. The Labute approximate surface area is 413 Å². The van der Waals surface area contributed by atoms with E-state index in [0.717, 1.165) is 73.4 Å². The summed E-state index contributed by atoms with van der Waals surface area (Å²) in [5, 5.41) is 0. The lowest BCUT2D eigenvalue weighted by atomic mass is 9.65. The lowest BCUT2D eigenvalue weighted by Gasteiger charge is -2.42. The van der Waals surface area contributed by atoms with E-state index in [1.807, 2.05) is 0 Å². The molecule has 11 aromatic rings. The molecule has 3 nitrogen and oxygen atoms in total. The van der Waals surface area contributed by atoms with Crippen LogP contribution >= 0.6 is 0 Å². The van der Waals surface area contributed by atoms with Gasteiger partial charge in [0.05, 0.1) is 27.9 Å². The first-order valence-corrected chi connectivity index (χ1v) is 24.5. The first kappa shape index (κ1) is 39.8. The fraction of sp³-hybridized carbons (Fsp3) is 0.0294. The van der Waals surface area contributed by atoms with Crippen molar-refractivity contribution in [2.75, 3.05) is 4.90 Å². The van der Waals surface area contributed by atoms with Crippen LogP contribution in [0.1, 0.15) is 44.5 Å². The highest BCUT2D eigenvalue weighted by atomic mass is 16.5. The molecule has 332 valence electrons. The third kappa shape index (κ3) is 5.38. The molecule has 15 rings (SSSR count). The van der Waals surface area contributed by atoms with Gasteiger partial charge < -0.3 is 14.4 Å².